The minimum atomic E-state index is -0.199. The first-order valence-electron chi connectivity index (χ1n) is 9.37. The fraction of sp³-hybridized carbons (Fsp3) is 0.174. The van der Waals surface area contributed by atoms with Crippen LogP contribution < -0.4 is 14.8 Å². The third-order valence-electron chi connectivity index (χ3n) is 4.67. The van der Waals surface area contributed by atoms with Gasteiger partial charge in [0.15, 0.2) is 11.5 Å². The molecule has 3 aromatic rings. The van der Waals surface area contributed by atoms with Gasteiger partial charge in [0, 0.05) is 24.7 Å². The SMILES string of the molecule is N#Cc1ccccc1-c1ccc(C(=O)NCCC2COc3ccccc3O2)cn1. The number of hydrogen-bond acceptors (Lipinski definition) is 5. The van der Waals surface area contributed by atoms with Crippen LogP contribution in [0.5, 0.6) is 11.5 Å². The van der Waals surface area contributed by atoms with Crippen LogP contribution in [0.3, 0.4) is 0 Å². The molecule has 29 heavy (non-hydrogen) atoms. The van der Waals surface area contributed by atoms with Gasteiger partial charge in [0.2, 0.25) is 0 Å². The van der Waals surface area contributed by atoms with Gasteiger partial charge in [-0.05, 0) is 30.3 Å². The molecule has 6 nitrogen and oxygen atoms in total. The molecule has 0 radical (unpaired) electrons. The molecule has 0 bridgehead atoms. The number of carbonyl (C=O) groups excluding carboxylic acids is 1. The maximum Gasteiger partial charge on any atom is 0.252 e. The highest BCUT2D eigenvalue weighted by Gasteiger charge is 2.20. The Kier molecular flexibility index (Phi) is 5.39. The molecule has 2 aromatic carbocycles. The summed E-state index contributed by atoms with van der Waals surface area (Å²) in [5.74, 6) is 1.28. The lowest BCUT2D eigenvalue weighted by atomic mass is 10.0. The second-order valence-corrected chi connectivity index (χ2v) is 6.63. The number of aromatic nitrogens is 1. The average Bonchev–Trinajstić information content (AvgIpc) is 2.79. The van der Waals surface area contributed by atoms with E-state index in [0.29, 0.717) is 36.4 Å². The zero-order valence-corrected chi connectivity index (χ0v) is 15.7. The molecule has 1 aromatic heterocycles. The molecule has 0 spiro atoms. The largest absolute Gasteiger partial charge is 0.486 e. The minimum Gasteiger partial charge on any atom is -0.486 e. The van der Waals surface area contributed by atoms with E-state index in [-0.39, 0.29) is 12.0 Å². The first-order valence-corrected chi connectivity index (χ1v) is 9.37. The second kappa shape index (κ2) is 8.44. The van der Waals surface area contributed by atoms with Crippen molar-refractivity contribution in [3.8, 4) is 28.8 Å². The van der Waals surface area contributed by atoms with Crippen LogP contribution in [0.1, 0.15) is 22.3 Å². The monoisotopic (exact) mass is 385 g/mol. The summed E-state index contributed by atoms with van der Waals surface area (Å²) in [7, 11) is 0. The molecule has 2 heterocycles. The summed E-state index contributed by atoms with van der Waals surface area (Å²) >= 11 is 0. The molecule has 0 fully saturated rings. The predicted octanol–water partition coefficient (Wildman–Crippen LogP) is 3.58. The molecule has 1 N–H and O–H groups in total. The number of hydrogen-bond donors (Lipinski definition) is 1. The standard InChI is InChI=1S/C23H19N3O3/c24-13-16-5-1-2-6-19(16)20-10-9-17(14-26-20)23(27)25-12-11-18-15-28-21-7-3-4-8-22(21)29-18/h1-10,14,18H,11-12,15H2,(H,25,27). The van der Waals surface area contributed by atoms with Gasteiger partial charge < -0.3 is 14.8 Å². The molecule has 1 atom stereocenters. The zero-order chi connectivity index (χ0) is 20.1. The molecule has 0 saturated heterocycles. The third-order valence-corrected chi connectivity index (χ3v) is 4.67. The summed E-state index contributed by atoms with van der Waals surface area (Å²) in [5.41, 5.74) is 2.42. The van der Waals surface area contributed by atoms with Crippen LogP contribution >= 0.6 is 0 Å². The van der Waals surface area contributed by atoms with Crippen LogP contribution in [0.2, 0.25) is 0 Å². The van der Waals surface area contributed by atoms with Crippen molar-refractivity contribution in [1.29, 1.82) is 5.26 Å². The lowest BCUT2D eigenvalue weighted by Crippen LogP contribution is -2.34. The molecule has 1 aliphatic heterocycles. The summed E-state index contributed by atoms with van der Waals surface area (Å²) in [5, 5.41) is 12.1. The molecule has 4 rings (SSSR count). The first-order chi connectivity index (χ1) is 14.2. The van der Waals surface area contributed by atoms with Crippen molar-refractivity contribution >= 4 is 5.91 Å². The summed E-state index contributed by atoms with van der Waals surface area (Å²) in [6.45, 7) is 0.926. The Morgan fingerprint density at radius 3 is 2.69 bits per heavy atom. The van der Waals surface area contributed by atoms with Crippen molar-refractivity contribution in [2.75, 3.05) is 13.2 Å². The fourth-order valence-electron chi connectivity index (χ4n) is 3.15. The van der Waals surface area contributed by atoms with E-state index >= 15 is 0 Å². The third kappa shape index (κ3) is 4.19. The maximum atomic E-state index is 12.4. The van der Waals surface area contributed by atoms with E-state index in [2.05, 4.69) is 16.4 Å². The minimum absolute atomic E-state index is 0.104. The lowest BCUT2D eigenvalue weighted by molar-refractivity contribution is 0.0812. The number of para-hydroxylation sites is 2. The summed E-state index contributed by atoms with van der Waals surface area (Å²) in [6, 6.07) is 20.4. The molecule has 1 unspecified atom stereocenters. The van der Waals surface area contributed by atoms with Gasteiger partial charge in [0.25, 0.3) is 5.91 Å². The Hall–Kier alpha value is -3.85. The molecule has 1 amide bonds. The van der Waals surface area contributed by atoms with E-state index in [0.717, 1.165) is 17.1 Å². The van der Waals surface area contributed by atoms with Crippen molar-refractivity contribution in [1.82, 2.24) is 10.3 Å². The number of ether oxygens (including phenoxy) is 2. The van der Waals surface area contributed by atoms with Gasteiger partial charge in [-0.3, -0.25) is 9.78 Å². The highest BCUT2D eigenvalue weighted by molar-refractivity contribution is 5.94. The Morgan fingerprint density at radius 2 is 1.90 bits per heavy atom. The van der Waals surface area contributed by atoms with Gasteiger partial charge in [-0.2, -0.15) is 5.26 Å². The van der Waals surface area contributed by atoms with E-state index in [4.69, 9.17) is 9.47 Å². The predicted molar refractivity (Wildman–Crippen MR) is 108 cm³/mol. The Labute approximate surface area is 168 Å². The van der Waals surface area contributed by atoms with Crippen molar-refractivity contribution in [2.45, 2.75) is 12.5 Å². The van der Waals surface area contributed by atoms with Crippen molar-refractivity contribution < 1.29 is 14.3 Å². The average molecular weight is 385 g/mol. The molecule has 0 saturated carbocycles. The Bertz CT molecular complexity index is 1060. The number of carbonyl (C=O) groups is 1. The summed E-state index contributed by atoms with van der Waals surface area (Å²) in [6.07, 6.45) is 2.06. The summed E-state index contributed by atoms with van der Waals surface area (Å²) in [4.78, 5) is 16.7. The Morgan fingerprint density at radius 1 is 1.10 bits per heavy atom. The van der Waals surface area contributed by atoms with Crippen LogP contribution in [0.4, 0.5) is 0 Å². The van der Waals surface area contributed by atoms with Gasteiger partial charge in [0.1, 0.15) is 12.7 Å². The van der Waals surface area contributed by atoms with E-state index in [1.54, 1.807) is 18.2 Å². The zero-order valence-electron chi connectivity index (χ0n) is 15.7. The van der Waals surface area contributed by atoms with E-state index in [1.807, 2.05) is 42.5 Å². The molecular formula is C23H19N3O3. The topological polar surface area (TPSA) is 84.2 Å². The van der Waals surface area contributed by atoms with E-state index in [1.165, 1.54) is 6.20 Å². The molecule has 6 heteroatoms. The molecule has 144 valence electrons. The van der Waals surface area contributed by atoms with E-state index in [9.17, 15) is 10.1 Å². The van der Waals surface area contributed by atoms with Gasteiger partial charge >= 0.3 is 0 Å². The number of nitriles is 1. The highest BCUT2D eigenvalue weighted by Crippen LogP contribution is 2.31. The number of amides is 1. The fourth-order valence-corrected chi connectivity index (χ4v) is 3.15. The van der Waals surface area contributed by atoms with Crippen LogP contribution in [-0.2, 0) is 0 Å². The molecular weight excluding hydrogens is 366 g/mol. The molecule has 0 aliphatic carbocycles. The van der Waals surface area contributed by atoms with Crippen LogP contribution in [-0.4, -0.2) is 30.1 Å². The normalized spacial score (nSPS) is 14.7. The lowest BCUT2D eigenvalue weighted by Gasteiger charge is -2.26. The quantitative estimate of drug-likeness (QED) is 0.726. The maximum absolute atomic E-state index is 12.4. The van der Waals surface area contributed by atoms with Crippen LogP contribution in [0.15, 0.2) is 66.9 Å². The van der Waals surface area contributed by atoms with Gasteiger partial charge in [-0.25, -0.2) is 0 Å². The number of fused-ring (bicyclic) bond motifs is 1. The van der Waals surface area contributed by atoms with Gasteiger partial charge in [0.05, 0.1) is 22.9 Å². The number of benzene rings is 2. The second-order valence-electron chi connectivity index (χ2n) is 6.63. The highest BCUT2D eigenvalue weighted by atomic mass is 16.6. The number of nitrogens with one attached hydrogen (secondary N) is 1. The number of pyridine rings is 1. The van der Waals surface area contributed by atoms with Gasteiger partial charge in [-0.1, -0.05) is 30.3 Å². The van der Waals surface area contributed by atoms with Crippen molar-refractivity contribution in [3.63, 3.8) is 0 Å². The first kappa shape index (κ1) is 18.5. The van der Waals surface area contributed by atoms with Crippen molar-refractivity contribution in [3.05, 3.63) is 78.0 Å². The van der Waals surface area contributed by atoms with Crippen LogP contribution in [0.25, 0.3) is 11.3 Å². The van der Waals surface area contributed by atoms with Crippen LogP contribution in [0, 0.1) is 11.3 Å². The number of nitrogens with zero attached hydrogens (tertiary/aromatic N) is 2. The van der Waals surface area contributed by atoms with Gasteiger partial charge in [-0.15, -0.1) is 0 Å². The van der Waals surface area contributed by atoms with E-state index < -0.39 is 0 Å². The summed E-state index contributed by atoms with van der Waals surface area (Å²) < 4.78 is 11.6. The van der Waals surface area contributed by atoms with Crippen molar-refractivity contribution in [2.24, 2.45) is 0 Å². The smallest absolute Gasteiger partial charge is 0.252 e. The Balaban J connectivity index is 1.32. The molecule has 1 aliphatic rings. The number of rotatable bonds is 5.